The molecular formula is C22H29ClN6O2. The Labute approximate surface area is 186 Å². The second-order valence-electron chi connectivity index (χ2n) is 8.63. The Morgan fingerprint density at radius 1 is 1.10 bits per heavy atom. The molecule has 0 atom stereocenters. The van der Waals surface area contributed by atoms with Crippen molar-refractivity contribution in [2.45, 2.75) is 33.4 Å². The van der Waals surface area contributed by atoms with Gasteiger partial charge in [-0.05, 0) is 30.0 Å². The van der Waals surface area contributed by atoms with Gasteiger partial charge in [0.2, 0.25) is 5.95 Å². The number of benzene rings is 1. The third kappa shape index (κ3) is 4.55. The fraction of sp³-hybridized carbons (Fsp3) is 0.500. The predicted molar refractivity (Wildman–Crippen MR) is 124 cm³/mol. The van der Waals surface area contributed by atoms with Crippen LogP contribution in [-0.2, 0) is 20.1 Å². The van der Waals surface area contributed by atoms with Gasteiger partial charge in [-0.25, -0.2) is 4.79 Å². The van der Waals surface area contributed by atoms with Crippen molar-refractivity contribution in [1.29, 1.82) is 0 Å². The highest BCUT2D eigenvalue weighted by Crippen LogP contribution is 2.23. The number of piperazine rings is 1. The normalized spacial score (nSPS) is 15.3. The van der Waals surface area contributed by atoms with Crippen molar-refractivity contribution >= 4 is 28.7 Å². The van der Waals surface area contributed by atoms with E-state index in [1.165, 1.54) is 10.1 Å². The molecule has 1 aliphatic heterocycles. The molecule has 31 heavy (non-hydrogen) atoms. The van der Waals surface area contributed by atoms with Gasteiger partial charge in [0.25, 0.3) is 5.56 Å². The molecule has 1 fully saturated rings. The minimum Gasteiger partial charge on any atom is -0.340 e. The van der Waals surface area contributed by atoms with Crippen LogP contribution in [0.25, 0.3) is 11.2 Å². The second kappa shape index (κ2) is 8.88. The van der Waals surface area contributed by atoms with Gasteiger partial charge in [0.1, 0.15) is 0 Å². The number of aryl methyl sites for hydroxylation is 2. The number of hydrogen-bond acceptors (Lipinski definition) is 5. The quantitative estimate of drug-likeness (QED) is 0.631. The van der Waals surface area contributed by atoms with E-state index in [2.05, 4.69) is 40.8 Å². The number of nitrogens with zero attached hydrogens (tertiary/aromatic N) is 5. The third-order valence-electron chi connectivity index (χ3n) is 5.89. The first kappa shape index (κ1) is 21.6. The van der Waals surface area contributed by atoms with Gasteiger partial charge in [-0.1, -0.05) is 37.6 Å². The number of fused-ring (bicyclic) bond motifs is 1. The standard InChI is InChI=1S/C22H29ClN6O2/c1-15(2)8-9-29-18-19(26(3)22(31)25-20(18)30)24-21(29)28-12-10-27(11-13-28)14-16-4-6-17(23)7-5-16/h4-7,15H,8-14H2,1-3H3,(H,25,30,31). The fourth-order valence-corrected chi connectivity index (χ4v) is 4.14. The zero-order valence-corrected chi connectivity index (χ0v) is 19.0. The highest BCUT2D eigenvalue weighted by molar-refractivity contribution is 6.30. The monoisotopic (exact) mass is 444 g/mol. The lowest BCUT2D eigenvalue weighted by molar-refractivity contribution is 0.248. The molecule has 0 saturated carbocycles. The number of H-pyrrole nitrogens is 1. The summed E-state index contributed by atoms with van der Waals surface area (Å²) in [6, 6.07) is 7.97. The van der Waals surface area contributed by atoms with Gasteiger partial charge in [0.15, 0.2) is 11.2 Å². The predicted octanol–water partition coefficient (Wildman–Crippen LogP) is 2.45. The van der Waals surface area contributed by atoms with Gasteiger partial charge in [-0.2, -0.15) is 4.98 Å². The zero-order chi connectivity index (χ0) is 22.1. The van der Waals surface area contributed by atoms with Crippen molar-refractivity contribution in [3.05, 3.63) is 55.7 Å². The largest absolute Gasteiger partial charge is 0.340 e. The first-order valence-electron chi connectivity index (χ1n) is 10.7. The SMILES string of the molecule is CC(C)CCn1c(N2CCN(Cc3ccc(Cl)cc3)CC2)nc2c1c(=O)[nH]c(=O)n2C. The smallest absolute Gasteiger partial charge is 0.329 e. The number of hydrogen-bond donors (Lipinski definition) is 1. The van der Waals surface area contributed by atoms with Crippen molar-refractivity contribution in [1.82, 2.24) is 24.0 Å². The molecule has 3 aromatic rings. The zero-order valence-electron chi connectivity index (χ0n) is 18.3. The molecule has 4 rings (SSSR count). The maximum absolute atomic E-state index is 12.6. The van der Waals surface area contributed by atoms with Gasteiger partial charge in [-0.3, -0.25) is 19.2 Å². The highest BCUT2D eigenvalue weighted by atomic mass is 35.5. The van der Waals surface area contributed by atoms with E-state index in [1.54, 1.807) is 7.05 Å². The molecule has 0 bridgehead atoms. The van der Waals surface area contributed by atoms with Crippen molar-refractivity contribution in [2.24, 2.45) is 13.0 Å². The molecule has 0 unspecified atom stereocenters. The summed E-state index contributed by atoms with van der Waals surface area (Å²) in [6.45, 7) is 9.30. The van der Waals surface area contributed by atoms with Gasteiger partial charge < -0.3 is 9.47 Å². The fourth-order valence-electron chi connectivity index (χ4n) is 4.02. The molecule has 3 heterocycles. The van der Waals surface area contributed by atoms with Crippen molar-refractivity contribution < 1.29 is 0 Å². The lowest BCUT2D eigenvalue weighted by Crippen LogP contribution is -2.46. The Bertz CT molecular complexity index is 1170. The average Bonchev–Trinajstić information content (AvgIpc) is 3.13. The van der Waals surface area contributed by atoms with Crippen LogP contribution in [0.4, 0.5) is 5.95 Å². The Kier molecular flexibility index (Phi) is 6.20. The van der Waals surface area contributed by atoms with Crippen LogP contribution in [0.5, 0.6) is 0 Å². The molecular weight excluding hydrogens is 416 g/mol. The summed E-state index contributed by atoms with van der Waals surface area (Å²) in [5, 5.41) is 0.748. The van der Waals surface area contributed by atoms with E-state index in [0.29, 0.717) is 23.6 Å². The Hall–Kier alpha value is -2.58. The van der Waals surface area contributed by atoms with E-state index in [-0.39, 0.29) is 5.56 Å². The first-order chi connectivity index (χ1) is 14.8. The van der Waals surface area contributed by atoms with Crippen LogP contribution < -0.4 is 16.1 Å². The molecule has 1 aliphatic rings. The Balaban J connectivity index is 1.59. The summed E-state index contributed by atoms with van der Waals surface area (Å²) < 4.78 is 3.41. The topological polar surface area (TPSA) is 79.2 Å². The van der Waals surface area contributed by atoms with E-state index in [1.807, 2.05) is 16.7 Å². The molecule has 1 N–H and O–H groups in total. The van der Waals surface area contributed by atoms with Crippen LogP contribution in [0.2, 0.25) is 5.02 Å². The molecule has 9 heteroatoms. The van der Waals surface area contributed by atoms with Gasteiger partial charge in [0, 0.05) is 51.3 Å². The summed E-state index contributed by atoms with van der Waals surface area (Å²) in [4.78, 5) is 36.5. The minimum atomic E-state index is -0.439. The number of anilines is 1. The lowest BCUT2D eigenvalue weighted by Gasteiger charge is -2.35. The van der Waals surface area contributed by atoms with Crippen LogP contribution in [0.1, 0.15) is 25.8 Å². The maximum atomic E-state index is 12.6. The number of imidazole rings is 1. The summed E-state index contributed by atoms with van der Waals surface area (Å²) in [7, 11) is 1.65. The van der Waals surface area contributed by atoms with E-state index >= 15 is 0 Å². The Morgan fingerprint density at radius 2 is 1.77 bits per heavy atom. The third-order valence-corrected chi connectivity index (χ3v) is 6.14. The first-order valence-corrected chi connectivity index (χ1v) is 11.1. The van der Waals surface area contributed by atoms with Crippen molar-refractivity contribution in [3.63, 3.8) is 0 Å². The maximum Gasteiger partial charge on any atom is 0.329 e. The van der Waals surface area contributed by atoms with E-state index in [4.69, 9.17) is 16.6 Å². The summed E-state index contributed by atoms with van der Waals surface area (Å²) in [5.74, 6) is 1.27. The van der Waals surface area contributed by atoms with E-state index < -0.39 is 5.69 Å². The molecule has 0 aliphatic carbocycles. The Morgan fingerprint density at radius 3 is 2.42 bits per heavy atom. The van der Waals surface area contributed by atoms with Crippen LogP contribution in [0.3, 0.4) is 0 Å². The molecule has 1 aromatic carbocycles. The second-order valence-corrected chi connectivity index (χ2v) is 9.06. The van der Waals surface area contributed by atoms with Crippen LogP contribution in [-0.4, -0.2) is 50.2 Å². The van der Waals surface area contributed by atoms with Crippen LogP contribution in [0, 0.1) is 5.92 Å². The molecule has 0 amide bonds. The van der Waals surface area contributed by atoms with Crippen molar-refractivity contribution in [3.8, 4) is 0 Å². The van der Waals surface area contributed by atoms with Gasteiger partial charge in [0.05, 0.1) is 0 Å². The summed E-state index contributed by atoms with van der Waals surface area (Å²) in [5.41, 5.74) is 1.34. The number of halogens is 1. The van der Waals surface area contributed by atoms with Gasteiger partial charge >= 0.3 is 5.69 Å². The minimum absolute atomic E-state index is 0.373. The molecule has 2 aromatic heterocycles. The molecule has 0 radical (unpaired) electrons. The van der Waals surface area contributed by atoms with Crippen LogP contribution in [0.15, 0.2) is 33.9 Å². The molecule has 166 valence electrons. The summed E-state index contributed by atoms with van der Waals surface area (Å²) in [6.07, 6.45) is 0.928. The average molecular weight is 445 g/mol. The van der Waals surface area contributed by atoms with Gasteiger partial charge in [-0.15, -0.1) is 0 Å². The summed E-state index contributed by atoms with van der Waals surface area (Å²) >= 11 is 5.99. The molecule has 0 spiro atoms. The molecule has 8 nitrogen and oxygen atoms in total. The number of aromatic nitrogens is 4. The highest BCUT2D eigenvalue weighted by Gasteiger charge is 2.25. The van der Waals surface area contributed by atoms with Crippen molar-refractivity contribution in [2.75, 3.05) is 31.1 Å². The number of nitrogens with one attached hydrogen (secondary N) is 1. The molecule has 1 saturated heterocycles. The number of aromatic amines is 1. The van der Waals surface area contributed by atoms with E-state index in [0.717, 1.165) is 50.1 Å². The van der Waals surface area contributed by atoms with Crippen LogP contribution >= 0.6 is 11.6 Å². The van der Waals surface area contributed by atoms with E-state index in [9.17, 15) is 9.59 Å². The number of rotatable bonds is 6. The lowest BCUT2D eigenvalue weighted by atomic mass is 10.1.